The first kappa shape index (κ1) is 15.0. The molecule has 1 saturated heterocycles. The van der Waals surface area contributed by atoms with Gasteiger partial charge in [-0.15, -0.1) is 0 Å². The Morgan fingerprint density at radius 3 is 2.61 bits per heavy atom. The molecular formula is C13H23NO4. The molecule has 0 radical (unpaired) electrons. The second kappa shape index (κ2) is 6.18. The number of nitrogens with zero attached hydrogens (tertiary/aromatic N) is 1. The van der Waals surface area contributed by atoms with E-state index in [-0.39, 0.29) is 12.0 Å². The SMILES string of the molecule is COC(=O)CC1CCCCN1CC(C)(C)C(=O)O. The van der Waals surface area contributed by atoms with Crippen molar-refractivity contribution in [3.8, 4) is 0 Å². The maximum atomic E-state index is 11.4. The number of esters is 1. The molecule has 104 valence electrons. The Morgan fingerprint density at radius 1 is 1.39 bits per heavy atom. The summed E-state index contributed by atoms with van der Waals surface area (Å²) in [5.41, 5.74) is -0.786. The van der Waals surface area contributed by atoms with Gasteiger partial charge in [0.05, 0.1) is 18.9 Å². The van der Waals surface area contributed by atoms with Crippen molar-refractivity contribution < 1.29 is 19.4 Å². The van der Waals surface area contributed by atoms with Gasteiger partial charge >= 0.3 is 11.9 Å². The van der Waals surface area contributed by atoms with Gasteiger partial charge in [0.2, 0.25) is 0 Å². The zero-order valence-corrected chi connectivity index (χ0v) is 11.4. The fraction of sp³-hybridized carbons (Fsp3) is 0.846. The highest BCUT2D eigenvalue weighted by Crippen LogP contribution is 2.25. The van der Waals surface area contributed by atoms with Crippen molar-refractivity contribution in [2.45, 2.75) is 45.6 Å². The lowest BCUT2D eigenvalue weighted by Crippen LogP contribution is -2.47. The number of piperidine rings is 1. The molecule has 0 spiro atoms. The predicted octanol–water partition coefficient (Wildman–Crippen LogP) is 1.51. The van der Waals surface area contributed by atoms with Crippen LogP contribution < -0.4 is 0 Å². The van der Waals surface area contributed by atoms with Gasteiger partial charge in [-0.2, -0.15) is 0 Å². The third-order valence-corrected chi connectivity index (χ3v) is 3.56. The second-order valence-electron chi connectivity index (χ2n) is 5.59. The number of carboxylic acid groups (broad SMARTS) is 1. The van der Waals surface area contributed by atoms with Crippen molar-refractivity contribution in [3.63, 3.8) is 0 Å². The molecular weight excluding hydrogens is 234 g/mol. The highest BCUT2D eigenvalue weighted by Gasteiger charge is 2.34. The molecule has 1 aliphatic rings. The summed E-state index contributed by atoms with van der Waals surface area (Å²) in [6.07, 6.45) is 3.44. The first-order valence-electron chi connectivity index (χ1n) is 6.41. The van der Waals surface area contributed by atoms with Gasteiger partial charge in [0, 0.05) is 12.6 Å². The third kappa shape index (κ3) is 3.98. The van der Waals surface area contributed by atoms with E-state index in [4.69, 9.17) is 9.84 Å². The summed E-state index contributed by atoms with van der Waals surface area (Å²) in [5, 5.41) is 9.17. The second-order valence-corrected chi connectivity index (χ2v) is 5.59. The van der Waals surface area contributed by atoms with Crippen molar-refractivity contribution in [1.82, 2.24) is 4.90 Å². The summed E-state index contributed by atoms with van der Waals surface area (Å²) in [6, 6.07) is 0.116. The van der Waals surface area contributed by atoms with Crippen LogP contribution in [0.2, 0.25) is 0 Å². The minimum absolute atomic E-state index is 0.116. The molecule has 1 fully saturated rings. The molecule has 1 rings (SSSR count). The summed E-state index contributed by atoms with van der Waals surface area (Å²) < 4.78 is 4.70. The Hall–Kier alpha value is -1.10. The van der Waals surface area contributed by atoms with Gasteiger partial charge < -0.3 is 9.84 Å². The summed E-state index contributed by atoms with van der Waals surface area (Å²) in [6.45, 7) is 4.78. The quantitative estimate of drug-likeness (QED) is 0.756. The van der Waals surface area contributed by atoms with E-state index >= 15 is 0 Å². The van der Waals surface area contributed by atoms with Crippen molar-refractivity contribution in [2.75, 3.05) is 20.2 Å². The molecule has 5 heteroatoms. The van der Waals surface area contributed by atoms with Crippen LogP contribution >= 0.6 is 0 Å². The monoisotopic (exact) mass is 257 g/mol. The van der Waals surface area contributed by atoms with Crippen LogP contribution in [0.15, 0.2) is 0 Å². The van der Waals surface area contributed by atoms with Crippen molar-refractivity contribution >= 4 is 11.9 Å². The Bertz CT molecular complexity index is 314. The largest absolute Gasteiger partial charge is 0.481 e. The van der Waals surface area contributed by atoms with Crippen LogP contribution in [-0.4, -0.2) is 48.2 Å². The number of aliphatic carboxylic acids is 1. The summed E-state index contributed by atoms with van der Waals surface area (Å²) in [5.74, 6) is -1.02. The average molecular weight is 257 g/mol. The van der Waals surface area contributed by atoms with Gasteiger partial charge in [-0.25, -0.2) is 0 Å². The maximum absolute atomic E-state index is 11.4. The van der Waals surface area contributed by atoms with Crippen LogP contribution in [0.25, 0.3) is 0 Å². The van der Waals surface area contributed by atoms with Crippen molar-refractivity contribution in [3.05, 3.63) is 0 Å². The van der Waals surface area contributed by atoms with Crippen LogP contribution in [0, 0.1) is 5.41 Å². The van der Waals surface area contributed by atoms with E-state index in [0.29, 0.717) is 13.0 Å². The highest BCUT2D eigenvalue weighted by molar-refractivity contribution is 5.74. The number of ether oxygens (including phenoxy) is 1. The Balaban J connectivity index is 2.65. The number of hydrogen-bond acceptors (Lipinski definition) is 4. The molecule has 18 heavy (non-hydrogen) atoms. The van der Waals surface area contributed by atoms with E-state index in [1.165, 1.54) is 7.11 Å². The zero-order valence-electron chi connectivity index (χ0n) is 11.4. The molecule has 1 unspecified atom stereocenters. The maximum Gasteiger partial charge on any atom is 0.310 e. The van der Waals surface area contributed by atoms with Crippen molar-refractivity contribution in [1.29, 1.82) is 0 Å². The molecule has 0 saturated carbocycles. The lowest BCUT2D eigenvalue weighted by atomic mass is 9.90. The average Bonchev–Trinajstić information content (AvgIpc) is 2.31. The van der Waals surface area contributed by atoms with Gasteiger partial charge in [0.25, 0.3) is 0 Å². The van der Waals surface area contributed by atoms with E-state index in [0.717, 1.165) is 25.8 Å². The van der Waals surface area contributed by atoms with Crippen LogP contribution in [0.5, 0.6) is 0 Å². The van der Waals surface area contributed by atoms with Crippen LogP contribution in [-0.2, 0) is 14.3 Å². The number of carboxylic acids is 1. The Kier molecular flexibility index (Phi) is 5.14. The zero-order chi connectivity index (χ0) is 13.8. The summed E-state index contributed by atoms with van der Waals surface area (Å²) in [7, 11) is 1.39. The van der Waals surface area contributed by atoms with E-state index in [2.05, 4.69) is 4.90 Å². The minimum Gasteiger partial charge on any atom is -0.481 e. The summed E-state index contributed by atoms with van der Waals surface area (Å²) in [4.78, 5) is 24.6. The van der Waals surface area contributed by atoms with Gasteiger partial charge in [-0.1, -0.05) is 6.42 Å². The number of rotatable bonds is 5. The van der Waals surface area contributed by atoms with Gasteiger partial charge in [-0.3, -0.25) is 14.5 Å². The lowest BCUT2D eigenvalue weighted by Gasteiger charge is -2.38. The molecule has 0 bridgehead atoms. The Morgan fingerprint density at radius 2 is 2.06 bits per heavy atom. The van der Waals surface area contributed by atoms with Gasteiger partial charge in [0.1, 0.15) is 0 Å². The topological polar surface area (TPSA) is 66.8 Å². The van der Waals surface area contributed by atoms with Crippen LogP contribution in [0.4, 0.5) is 0 Å². The minimum atomic E-state index is -0.801. The molecule has 1 N–H and O–H groups in total. The molecule has 1 aliphatic heterocycles. The van der Waals surface area contributed by atoms with Gasteiger partial charge in [0.15, 0.2) is 0 Å². The fourth-order valence-corrected chi connectivity index (χ4v) is 2.35. The van der Waals surface area contributed by atoms with Crippen LogP contribution in [0.1, 0.15) is 39.5 Å². The fourth-order valence-electron chi connectivity index (χ4n) is 2.35. The number of methoxy groups -OCH3 is 1. The lowest BCUT2D eigenvalue weighted by molar-refractivity contribution is -0.148. The molecule has 0 aromatic heterocycles. The summed E-state index contributed by atoms with van der Waals surface area (Å²) >= 11 is 0. The normalized spacial score (nSPS) is 21.6. The smallest absolute Gasteiger partial charge is 0.310 e. The first-order valence-corrected chi connectivity index (χ1v) is 6.41. The number of hydrogen-bond donors (Lipinski definition) is 1. The van der Waals surface area contributed by atoms with E-state index < -0.39 is 11.4 Å². The molecule has 0 amide bonds. The standard InChI is InChI=1S/C13H23NO4/c1-13(2,12(16)17)9-14-7-5-4-6-10(14)8-11(15)18-3/h10H,4-9H2,1-3H3,(H,16,17). The Labute approximate surface area is 108 Å². The van der Waals surface area contributed by atoms with E-state index in [1.807, 2.05) is 0 Å². The molecule has 1 atom stereocenters. The molecule has 0 aromatic rings. The molecule has 0 aliphatic carbocycles. The highest BCUT2D eigenvalue weighted by atomic mass is 16.5. The number of carbonyl (C=O) groups is 2. The molecule has 1 heterocycles. The van der Waals surface area contributed by atoms with Crippen LogP contribution in [0.3, 0.4) is 0 Å². The predicted molar refractivity (Wildman–Crippen MR) is 67.3 cm³/mol. The van der Waals surface area contributed by atoms with E-state index in [1.54, 1.807) is 13.8 Å². The van der Waals surface area contributed by atoms with Gasteiger partial charge in [-0.05, 0) is 33.2 Å². The van der Waals surface area contributed by atoms with E-state index in [9.17, 15) is 9.59 Å². The first-order chi connectivity index (χ1) is 8.36. The molecule has 0 aromatic carbocycles. The number of likely N-dealkylation sites (tertiary alicyclic amines) is 1. The number of carbonyl (C=O) groups excluding carboxylic acids is 1. The molecule has 5 nitrogen and oxygen atoms in total. The third-order valence-electron chi connectivity index (χ3n) is 3.56. The van der Waals surface area contributed by atoms with Crippen molar-refractivity contribution in [2.24, 2.45) is 5.41 Å².